The van der Waals surface area contributed by atoms with Gasteiger partial charge in [0.25, 0.3) is 0 Å². The molecule has 0 amide bonds. The zero-order valence-electron chi connectivity index (χ0n) is 14.2. The Morgan fingerprint density at radius 1 is 1.36 bits per heavy atom. The van der Waals surface area contributed by atoms with Crippen LogP contribution in [0.1, 0.15) is 30.4 Å². The molecule has 0 unspecified atom stereocenters. The predicted molar refractivity (Wildman–Crippen MR) is 90.3 cm³/mol. The second kappa shape index (κ2) is 8.74. The van der Waals surface area contributed by atoms with Gasteiger partial charge in [0.2, 0.25) is 0 Å². The minimum Gasteiger partial charge on any atom is -0.475 e. The van der Waals surface area contributed by atoms with Crippen molar-refractivity contribution in [1.82, 2.24) is 15.3 Å². The molecule has 0 saturated carbocycles. The lowest BCUT2D eigenvalue weighted by Crippen LogP contribution is -2.21. The summed E-state index contributed by atoms with van der Waals surface area (Å²) in [6.45, 7) is 7.71. The Morgan fingerprint density at radius 2 is 2.00 bits per heavy atom. The molecule has 2 heterocycles. The fourth-order valence-electron chi connectivity index (χ4n) is 1.81. The summed E-state index contributed by atoms with van der Waals surface area (Å²) in [5.74, 6) is 7.09. The number of carboxylic acid groups (broad SMARTS) is 1. The van der Waals surface area contributed by atoms with E-state index >= 15 is 0 Å². The first-order valence-electron chi connectivity index (χ1n) is 7.60. The molecule has 1 atom stereocenters. The summed E-state index contributed by atoms with van der Waals surface area (Å²) in [6.07, 6.45) is -0.928. The molecule has 0 spiro atoms. The normalized spacial score (nSPS) is 16.6. The molecule has 9 heteroatoms. The van der Waals surface area contributed by atoms with Gasteiger partial charge in [-0.1, -0.05) is 19.6 Å². The van der Waals surface area contributed by atoms with Gasteiger partial charge in [0.1, 0.15) is 19.6 Å². The zero-order valence-corrected chi connectivity index (χ0v) is 15.2. The topological polar surface area (TPSA) is 78.0 Å². The maximum Gasteiger partial charge on any atom is 0.490 e. The molecule has 0 bridgehead atoms. The Hall–Kier alpha value is -2.23. The average Bonchev–Trinajstić information content (AvgIpc) is 3.13. The van der Waals surface area contributed by atoms with Crippen molar-refractivity contribution in [3.05, 3.63) is 17.7 Å². The standard InChI is InChI=1S/C14H19N3Si.C2HF3O2/c1-18(2,3)10-5-4-7-12-11-16-14(17-12)13-8-6-9-15-13;3-2(4,5)1(6)7/h11,13,15H,6,8-9H2,1-3H3,(H,16,17);(H,6,7)/t13-;/m0./s1. The third-order valence-electron chi connectivity index (χ3n) is 2.93. The van der Waals surface area contributed by atoms with Crippen LogP contribution in [0.25, 0.3) is 0 Å². The molecule has 3 N–H and O–H groups in total. The number of aliphatic carboxylic acids is 1. The summed E-state index contributed by atoms with van der Waals surface area (Å²) in [5.41, 5.74) is 4.07. The van der Waals surface area contributed by atoms with Gasteiger partial charge in [0.15, 0.2) is 0 Å². The summed E-state index contributed by atoms with van der Waals surface area (Å²) in [6, 6.07) is 0.369. The van der Waals surface area contributed by atoms with E-state index in [9.17, 15) is 13.2 Å². The van der Waals surface area contributed by atoms with Gasteiger partial charge in [-0.3, -0.25) is 0 Å². The van der Waals surface area contributed by atoms with Gasteiger partial charge in [0.05, 0.1) is 12.2 Å². The molecule has 25 heavy (non-hydrogen) atoms. The van der Waals surface area contributed by atoms with E-state index in [4.69, 9.17) is 9.90 Å². The molecule has 1 saturated heterocycles. The molecule has 136 valence electrons. The number of imidazole rings is 1. The Kier molecular flexibility index (Phi) is 7.28. The van der Waals surface area contributed by atoms with Crippen LogP contribution in [0.15, 0.2) is 6.20 Å². The Balaban J connectivity index is 0.000000381. The molecule has 5 nitrogen and oxygen atoms in total. The SMILES string of the molecule is C[Si](C)(C)C#CC#Cc1cnc([C@@H]2CCCN2)[nH]1.O=C(O)C(F)(F)F. The van der Waals surface area contributed by atoms with E-state index in [1.807, 2.05) is 0 Å². The van der Waals surface area contributed by atoms with Crippen molar-refractivity contribution in [1.29, 1.82) is 0 Å². The van der Waals surface area contributed by atoms with E-state index in [0.29, 0.717) is 6.04 Å². The monoisotopic (exact) mass is 371 g/mol. The van der Waals surface area contributed by atoms with Crippen molar-refractivity contribution in [3.8, 4) is 23.3 Å². The summed E-state index contributed by atoms with van der Waals surface area (Å²) in [7, 11) is -1.31. The van der Waals surface area contributed by atoms with Gasteiger partial charge in [-0.2, -0.15) is 13.2 Å². The first-order valence-corrected chi connectivity index (χ1v) is 11.1. The number of H-pyrrole nitrogens is 1. The number of aromatic amines is 1. The smallest absolute Gasteiger partial charge is 0.475 e. The van der Waals surface area contributed by atoms with Gasteiger partial charge in [-0.15, -0.1) is 5.54 Å². The lowest BCUT2D eigenvalue weighted by atomic mass is 10.2. The molecule has 1 aliphatic rings. The highest BCUT2D eigenvalue weighted by Gasteiger charge is 2.38. The number of rotatable bonds is 1. The minimum atomic E-state index is -5.08. The fourth-order valence-corrected chi connectivity index (χ4v) is 2.25. The van der Waals surface area contributed by atoms with Gasteiger partial charge >= 0.3 is 12.1 Å². The third-order valence-corrected chi connectivity index (χ3v) is 3.80. The van der Waals surface area contributed by atoms with Gasteiger partial charge in [-0.05, 0) is 37.1 Å². The largest absolute Gasteiger partial charge is 0.490 e. The number of nitrogens with one attached hydrogen (secondary N) is 2. The quantitative estimate of drug-likeness (QED) is 0.524. The summed E-state index contributed by atoms with van der Waals surface area (Å²) in [5, 5.41) is 10.5. The summed E-state index contributed by atoms with van der Waals surface area (Å²) < 4.78 is 31.7. The molecule has 0 aromatic carbocycles. The Morgan fingerprint density at radius 3 is 2.48 bits per heavy atom. The number of halogens is 3. The average molecular weight is 371 g/mol. The highest BCUT2D eigenvalue weighted by Crippen LogP contribution is 2.19. The van der Waals surface area contributed by atoms with Gasteiger partial charge < -0.3 is 15.4 Å². The Bertz CT molecular complexity index is 709. The van der Waals surface area contributed by atoms with Crippen LogP contribution in [0.2, 0.25) is 19.6 Å². The molecule has 1 aromatic heterocycles. The maximum atomic E-state index is 10.6. The van der Waals surface area contributed by atoms with Crippen LogP contribution in [-0.2, 0) is 4.79 Å². The maximum absolute atomic E-state index is 10.6. The van der Waals surface area contributed by atoms with Crippen molar-refractivity contribution < 1.29 is 23.1 Å². The number of alkyl halides is 3. The number of nitrogens with zero attached hydrogens (tertiary/aromatic N) is 1. The second-order valence-corrected chi connectivity index (χ2v) is 11.1. The van der Waals surface area contributed by atoms with Crippen LogP contribution in [0.5, 0.6) is 0 Å². The van der Waals surface area contributed by atoms with E-state index in [-0.39, 0.29) is 0 Å². The first-order chi connectivity index (χ1) is 11.5. The zero-order chi connectivity index (χ0) is 19.1. The molecule has 0 radical (unpaired) electrons. The van der Waals surface area contributed by atoms with Crippen molar-refractivity contribution >= 4 is 14.0 Å². The van der Waals surface area contributed by atoms with Crippen LogP contribution >= 0.6 is 0 Å². The van der Waals surface area contributed by atoms with Crippen LogP contribution in [0.4, 0.5) is 13.2 Å². The molecule has 1 aromatic rings. The van der Waals surface area contributed by atoms with Crippen LogP contribution in [0, 0.1) is 23.3 Å². The highest BCUT2D eigenvalue weighted by molar-refractivity contribution is 6.83. The lowest BCUT2D eigenvalue weighted by Gasteiger charge is -2.04. The molecule has 1 aliphatic heterocycles. The first kappa shape index (κ1) is 20.8. The van der Waals surface area contributed by atoms with E-state index in [2.05, 4.69) is 58.2 Å². The molecule has 1 fully saturated rings. The van der Waals surface area contributed by atoms with Gasteiger partial charge in [0, 0.05) is 0 Å². The Labute approximate surface area is 145 Å². The van der Waals surface area contributed by atoms with E-state index in [0.717, 1.165) is 24.5 Å². The number of hydrogen-bond acceptors (Lipinski definition) is 3. The molecule has 0 aliphatic carbocycles. The number of aromatic nitrogens is 2. The van der Waals surface area contributed by atoms with Crippen molar-refractivity contribution in [2.24, 2.45) is 0 Å². The van der Waals surface area contributed by atoms with Crippen molar-refractivity contribution in [2.45, 2.75) is 44.7 Å². The van der Waals surface area contributed by atoms with E-state index < -0.39 is 20.2 Å². The lowest BCUT2D eigenvalue weighted by molar-refractivity contribution is -0.192. The summed E-state index contributed by atoms with van der Waals surface area (Å²) >= 11 is 0. The van der Waals surface area contributed by atoms with Crippen LogP contribution < -0.4 is 5.32 Å². The van der Waals surface area contributed by atoms with Gasteiger partial charge in [-0.25, -0.2) is 9.78 Å². The predicted octanol–water partition coefficient (Wildman–Crippen LogP) is 2.70. The fraction of sp³-hybridized carbons (Fsp3) is 0.500. The van der Waals surface area contributed by atoms with Crippen molar-refractivity contribution in [3.63, 3.8) is 0 Å². The summed E-state index contributed by atoms with van der Waals surface area (Å²) in [4.78, 5) is 16.5. The second-order valence-electron chi connectivity index (χ2n) is 6.38. The molecule has 2 rings (SSSR count). The number of carboxylic acids is 1. The number of hydrogen-bond donors (Lipinski definition) is 3. The minimum absolute atomic E-state index is 0.369. The van der Waals surface area contributed by atoms with Crippen LogP contribution in [-0.4, -0.2) is 41.8 Å². The third kappa shape index (κ3) is 8.43. The highest BCUT2D eigenvalue weighted by atomic mass is 28.3. The number of carbonyl (C=O) groups is 1. The van der Waals surface area contributed by atoms with Crippen molar-refractivity contribution in [2.75, 3.05) is 6.54 Å². The molecular formula is C16H20F3N3O2Si. The molecular weight excluding hydrogens is 351 g/mol. The van der Waals surface area contributed by atoms with E-state index in [1.165, 1.54) is 6.42 Å². The van der Waals surface area contributed by atoms with E-state index in [1.54, 1.807) is 6.20 Å². The van der Waals surface area contributed by atoms with Crippen LogP contribution in [0.3, 0.4) is 0 Å².